The van der Waals surface area contributed by atoms with Crippen molar-refractivity contribution in [1.29, 1.82) is 0 Å². The van der Waals surface area contributed by atoms with Crippen LogP contribution in [0, 0.1) is 0 Å². The molecule has 0 spiro atoms. The van der Waals surface area contributed by atoms with E-state index in [0.717, 1.165) is 0 Å². The van der Waals surface area contributed by atoms with Crippen molar-refractivity contribution < 1.29 is 18.3 Å². The number of carbonyl (C=O) groups is 1. The van der Waals surface area contributed by atoms with Crippen LogP contribution in [-0.4, -0.2) is 18.2 Å². The number of alkyl halides is 2. The van der Waals surface area contributed by atoms with Crippen molar-refractivity contribution in [1.82, 2.24) is 5.43 Å². The molecule has 2 rings (SSSR count). The average Bonchev–Trinajstić information content (AvgIpc) is 2.52. The van der Waals surface area contributed by atoms with Crippen molar-refractivity contribution in [3.05, 3.63) is 64.1 Å². The van der Waals surface area contributed by atoms with Gasteiger partial charge in [-0.2, -0.15) is 13.9 Å². The molecule has 0 unspecified atom stereocenters. The lowest BCUT2D eigenvalue weighted by Crippen LogP contribution is -2.19. The van der Waals surface area contributed by atoms with Crippen LogP contribution in [0.5, 0.6) is 5.75 Å². The maximum atomic E-state index is 12.2. The van der Waals surface area contributed by atoms with Gasteiger partial charge in [-0.25, -0.2) is 5.43 Å². The summed E-state index contributed by atoms with van der Waals surface area (Å²) in [5.41, 5.74) is 3.90. The summed E-state index contributed by atoms with van der Waals surface area (Å²) in [6, 6.07) is 13.0. The van der Waals surface area contributed by atoms with Crippen LogP contribution in [0.15, 0.2) is 58.1 Å². The van der Waals surface area contributed by atoms with Gasteiger partial charge < -0.3 is 4.74 Å². The molecule has 23 heavy (non-hydrogen) atoms. The fraction of sp³-hybridized carbons (Fsp3) is 0.125. The van der Waals surface area contributed by atoms with Crippen LogP contribution >= 0.6 is 15.9 Å². The molecule has 0 aliphatic rings. The second-order valence-electron chi connectivity index (χ2n) is 4.52. The maximum absolute atomic E-state index is 12.2. The van der Waals surface area contributed by atoms with E-state index in [4.69, 9.17) is 0 Å². The lowest BCUT2D eigenvalue weighted by Gasteiger charge is -2.07. The number of halogens is 3. The summed E-state index contributed by atoms with van der Waals surface area (Å²) in [6.07, 6.45) is 0. The zero-order valence-corrected chi connectivity index (χ0v) is 13.7. The Kier molecular flexibility index (Phi) is 5.81. The quantitative estimate of drug-likeness (QED) is 0.622. The normalized spacial score (nSPS) is 11.4. The fourth-order valence-electron chi connectivity index (χ4n) is 1.80. The molecule has 0 atom stereocenters. The molecular weight excluding hydrogens is 370 g/mol. The third-order valence-electron chi connectivity index (χ3n) is 2.92. The fourth-order valence-corrected chi connectivity index (χ4v) is 2.27. The highest BCUT2D eigenvalue weighted by atomic mass is 79.9. The summed E-state index contributed by atoms with van der Waals surface area (Å²) in [4.78, 5) is 12.0. The number of rotatable bonds is 5. The predicted molar refractivity (Wildman–Crippen MR) is 86.9 cm³/mol. The van der Waals surface area contributed by atoms with E-state index in [0.29, 0.717) is 21.3 Å². The van der Waals surface area contributed by atoms with Crippen LogP contribution in [0.25, 0.3) is 0 Å². The summed E-state index contributed by atoms with van der Waals surface area (Å²) in [5, 5.41) is 3.99. The number of amides is 1. The Hall–Kier alpha value is -2.28. The molecule has 1 N–H and O–H groups in total. The maximum Gasteiger partial charge on any atom is 0.387 e. The van der Waals surface area contributed by atoms with Gasteiger partial charge in [-0.3, -0.25) is 4.79 Å². The molecular formula is C16H13BrF2N2O2. The van der Waals surface area contributed by atoms with Gasteiger partial charge in [0.05, 0.1) is 11.3 Å². The zero-order valence-electron chi connectivity index (χ0n) is 12.1. The minimum absolute atomic E-state index is 0.0316. The van der Waals surface area contributed by atoms with Gasteiger partial charge >= 0.3 is 6.61 Å². The van der Waals surface area contributed by atoms with Gasteiger partial charge in [-0.15, -0.1) is 0 Å². The van der Waals surface area contributed by atoms with E-state index in [2.05, 4.69) is 31.2 Å². The first-order valence-electron chi connectivity index (χ1n) is 6.62. The molecule has 0 bridgehead atoms. The SMILES string of the molecule is C/C(=N\NC(=O)c1ccccc1Br)c1cccc(OC(F)F)c1. The molecule has 0 aromatic heterocycles. The van der Waals surface area contributed by atoms with E-state index >= 15 is 0 Å². The van der Waals surface area contributed by atoms with Crippen molar-refractivity contribution in [3.63, 3.8) is 0 Å². The van der Waals surface area contributed by atoms with E-state index in [1.807, 2.05) is 0 Å². The minimum Gasteiger partial charge on any atom is -0.435 e. The van der Waals surface area contributed by atoms with Gasteiger partial charge in [0.2, 0.25) is 0 Å². The molecule has 0 saturated heterocycles. The topological polar surface area (TPSA) is 50.7 Å². The highest BCUT2D eigenvalue weighted by Gasteiger charge is 2.09. The molecule has 7 heteroatoms. The van der Waals surface area contributed by atoms with Gasteiger partial charge in [-0.1, -0.05) is 24.3 Å². The number of carbonyl (C=O) groups excluding carboxylic acids is 1. The zero-order chi connectivity index (χ0) is 16.8. The van der Waals surface area contributed by atoms with Gasteiger partial charge in [0.25, 0.3) is 5.91 Å². The number of hydrogen-bond acceptors (Lipinski definition) is 3. The smallest absolute Gasteiger partial charge is 0.387 e. The van der Waals surface area contributed by atoms with Crippen molar-refractivity contribution in [2.24, 2.45) is 5.10 Å². The third-order valence-corrected chi connectivity index (χ3v) is 3.61. The summed E-state index contributed by atoms with van der Waals surface area (Å²) < 4.78 is 29.4. The Labute approximate surface area is 140 Å². The second kappa shape index (κ2) is 7.82. The van der Waals surface area contributed by atoms with Crippen LogP contribution < -0.4 is 10.2 Å². The number of hydrazone groups is 1. The van der Waals surface area contributed by atoms with Crippen molar-refractivity contribution in [2.45, 2.75) is 13.5 Å². The molecule has 0 radical (unpaired) electrons. The van der Waals surface area contributed by atoms with Gasteiger partial charge in [0.15, 0.2) is 0 Å². The molecule has 0 fully saturated rings. The molecule has 0 saturated carbocycles. The average molecular weight is 383 g/mol. The predicted octanol–water partition coefficient (Wildman–Crippen LogP) is 4.20. The molecule has 0 aliphatic carbocycles. The number of benzene rings is 2. The Bertz CT molecular complexity index is 736. The first-order valence-corrected chi connectivity index (χ1v) is 7.41. The lowest BCUT2D eigenvalue weighted by molar-refractivity contribution is -0.0498. The number of ether oxygens (including phenoxy) is 1. The van der Waals surface area contributed by atoms with Crippen LogP contribution in [0.1, 0.15) is 22.8 Å². The highest BCUT2D eigenvalue weighted by Crippen LogP contribution is 2.17. The summed E-state index contributed by atoms with van der Waals surface area (Å²) >= 11 is 3.28. The van der Waals surface area contributed by atoms with E-state index in [9.17, 15) is 13.6 Å². The molecule has 4 nitrogen and oxygen atoms in total. The Morgan fingerprint density at radius 3 is 2.65 bits per heavy atom. The largest absolute Gasteiger partial charge is 0.435 e. The number of nitrogens with zero attached hydrogens (tertiary/aromatic N) is 1. The van der Waals surface area contributed by atoms with Gasteiger partial charge in [0, 0.05) is 10.0 Å². The first kappa shape index (κ1) is 17.1. The van der Waals surface area contributed by atoms with E-state index < -0.39 is 6.61 Å². The lowest BCUT2D eigenvalue weighted by atomic mass is 10.1. The Balaban J connectivity index is 2.11. The summed E-state index contributed by atoms with van der Waals surface area (Å²) in [5.74, 6) is -0.346. The number of nitrogens with one attached hydrogen (secondary N) is 1. The summed E-state index contributed by atoms with van der Waals surface area (Å²) in [7, 11) is 0. The molecule has 0 aliphatic heterocycles. The first-order chi connectivity index (χ1) is 11.0. The van der Waals surface area contributed by atoms with Crippen molar-refractivity contribution >= 4 is 27.5 Å². The molecule has 120 valence electrons. The van der Waals surface area contributed by atoms with E-state index in [1.165, 1.54) is 12.1 Å². The third kappa shape index (κ3) is 4.85. The Morgan fingerprint density at radius 1 is 1.22 bits per heavy atom. The highest BCUT2D eigenvalue weighted by molar-refractivity contribution is 9.10. The van der Waals surface area contributed by atoms with Crippen molar-refractivity contribution in [2.75, 3.05) is 0 Å². The Morgan fingerprint density at radius 2 is 1.96 bits per heavy atom. The van der Waals surface area contributed by atoms with Gasteiger partial charge in [0.1, 0.15) is 5.75 Å². The molecule has 2 aromatic carbocycles. The molecule has 2 aromatic rings. The van der Waals surface area contributed by atoms with Crippen LogP contribution in [0.4, 0.5) is 8.78 Å². The van der Waals surface area contributed by atoms with Gasteiger partial charge in [-0.05, 0) is 47.1 Å². The number of hydrogen-bond donors (Lipinski definition) is 1. The van der Waals surface area contributed by atoms with E-state index in [-0.39, 0.29) is 11.7 Å². The standard InChI is InChI=1S/C16H13BrF2N2O2/c1-10(11-5-4-6-12(9-11)23-16(18)19)20-21-15(22)13-7-2-3-8-14(13)17/h2-9,16H,1H3,(H,21,22)/b20-10+. The summed E-state index contributed by atoms with van der Waals surface area (Å²) in [6.45, 7) is -1.24. The molecule has 0 heterocycles. The van der Waals surface area contributed by atoms with E-state index in [1.54, 1.807) is 43.3 Å². The monoisotopic (exact) mass is 382 g/mol. The van der Waals surface area contributed by atoms with Crippen LogP contribution in [-0.2, 0) is 0 Å². The second-order valence-corrected chi connectivity index (χ2v) is 5.38. The minimum atomic E-state index is -2.89. The molecule has 1 amide bonds. The van der Waals surface area contributed by atoms with Crippen LogP contribution in [0.3, 0.4) is 0 Å². The van der Waals surface area contributed by atoms with Crippen molar-refractivity contribution in [3.8, 4) is 5.75 Å². The van der Waals surface area contributed by atoms with Crippen LogP contribution in [0.2, 0.25) is 0 Å².